The Balaban J connectivity index is 1.19. The zero-order valence-corrected chi connectivity index (χ0v) is 24.5. The number of carbonyl (C=O) groups is 1. The van der Waals surface area contributed by atoms with Gasteiger partial charge in [0.1, 0.15) is 17.2 Å². The molecule has 3 aromatic rings. The number of anilines is 2. The largest absolute Gasteiger partial charge is 0.490 e. The Morgan fingerprint density at radius 1 is 1.00 bits per heavy atom. The Kier molecular flexibility index (Phi) is 8.91. The second-order valence-corrected chi connectivity index (χ2v) is 12.0. The van der Waals surface area contributed by atoms with Crippen molar-refractivity contribution >= 4 is 29.6 Å². The molecule has 2 atom stereocenters. The zero-order valence-electron chi connectivity index (χ0n) is 23.8. The van der Waals surface area contributed by atoms with E-state index in [1.165, 1.54) is 0 Å². The Hall–Kier alpha value is -3.80. The van der Waals surface area contributed by atoms with Gasteiger partial charge in [-0.2, -0.15) is 0 Å². The third-order valence-corrected chi connectivity index (χ3v) is 7.46. The first-order valence-corrected chi connectivity index (χ1v) is 14.3. The number of carbonyl (C=O) groups excluding carboxylic acids is 1. The first-order chi connectivity index (χ1) is 20.0. The SMILES string of the molecule is CC(C)(C)OC(=O)NC1CN(c2ncc(OCC3CCN(c4ncc(Cl)cn4)CC3)cn2)CC1c1cc(F)ccc1F. The lowest BCUT2D eigenvalue weighted by Gasteiger charge is -2.31. The highest BCUT2D eigenvalue weighted by Crippen LogP contribution is 2.32. The Bertz CT molecular complexity index is 1370. The summed E-state index contributed by atoms with van der Waals surface area (Å²) >= 11 is 5.89. The third-order valence-electron chi connectivity index (χ3n) is 7.27. The van der Waals surface area contributed by atoms with Crippen molar-refractivity contribution in [2.24, 2.45) is 5.92 Å². The molecule has 10 nitrogen and oxygen atoms in total. The van der Waals surface area contributed by atoms with E-state index in [-0.39, 0.29) is 18.7 Å². The van der Waals surface area contributed by atoms with E-state index in [0.29, 0.717) is 35.2 Å². The van der Waals surface area contributed by atoms with Crippen LogP contribution >= 0.6 is 11.6 Å². The minimum atomic E-state index is -0.705. The summed E-state index contributed by atoms with van der Waals surface area (Å²) in [5, 5.41) is 3.34. The zero-order chi connectivity index (χ0) is 29.9. The quantitative estimate of drug-likeness (QED) is 0.401. The summed E-state index contributed by atoms with van der Waals surface area (Å²) in [5.74, 6) is 0.338. The molecule has 2 fully saturated rings. The van der Waals surface area contributed by atoms with E-state index in [9.17, 15) is 13.6 Å². The average Bonchev–Trinajstić information content (AvgIpc) is 3.36. The minimum Gasteiger partial charge on any atom is -0.490 e. The van der Waals surface area contributed by atoms with Crippen molar-refractivity contribution in [1.82, 2.24) is 25.3 Å². The summed E-state index contributed by atoms with van der Waals surface area (Å²) in [6, 6.07) is 2.77. The number of ether oxygens (including phenoxy) is 2. The molecular weight excluding hydrogens is 568 g/mol. The highest BCUT2D eigenvalue weighted by Gasteiger charge is 2.38. The number of hydrogen-bond acceptors (Lipinski definition) is 9. The van der Waals surface area contributed by atoms with Crippen molar-refractivity contribution in [3.8, 4) is 5.75 Å². The lowest BCUT2D eigenvalue weighted by atomic mass is 9.94. The molecule has 0 radical (unpaired) electrons. The van der Waals surface area contributed by atoms with Crippen LogP contribution in [0.2, 0.25) is 5.02 Å². The van der Waals surface area contributed by atoms with E-state index < -0.39 is 35.3 Å². The van der Waals surface area contributed by atoms with Crippen LogP contribution in [0, 0.1) is 17.6 Å². The van der Waals surface area contributed by atoms with Gasteiger partial charge < -0.3 is 24.6 Å². The van der Waals surface area contributed by atoms with Gasteiger partial charge in [0.2, 0.25) is 11.9 Å². The van der Waals surface area contributed by atoms with Crippen LogP contribution in [-0.4, -0.2) is 70.5 Å². The molecule has 4 heterocycles. The summed E-state index contributed by atoms with van der Waals surface area (Å²) in [5.41, 5.74) is -0.532. The molecular formula is C29H34ClF2N7O3. The maximum Gasteiger partial charge on any atom is 0.407 e. The van der Waals surface area contributed by atoms with Gasteiger partial charge in [-0.25, -0.2) is 33.5 Å². The normalized spacial score (nSPS) is 19.6. The molecule has 0 aliphatic carbocycles. The van der Waals surface area contributed by atoms with E-state index in [2.05, 4.69) is 30.2 Å². The Labute approximate surface area is 248 Å². The van der Waals surface area contributed by atoms with Gasteiger partial charge in [0.05, 0.1) is 42.5 Å². The van der Waals surface area contributed by atoms with Crippen LogP contribution in [0.25, 0.3) is 0 Å². The van der Waals surface area contributed by atoms with Crippen LogP contribution < -0.4 is 19.9 Å². The van der Waals surface area contributed by atoms with Crippen molar-refractivity contribution in [2.45, 2.75) is 51.2 Å². The molecule has 5 rings (SSSR count). The van der Waals surface area contributed by atoms with Crippen LogP contribution in [-0.2, 0) is 4.74 Å². The predicted molar refractivity (Wildman–Crippen MR) is 154 cm³/mol. The van der Waals surface area contributed by atoms with Crippen molar-refractivity contribution < 1.29 is 23.0 Å². The number of nitrogens with one attached hydrogen (secondary N) is 1. The standard InChI is InChI=1S/C29H34ClF2N7O3/c1-29(2,3)42-28(40)37-25-16-39(15-23(25)22-10-20(31)4-5-24(22)32)27-35-13-21(14-36-27)41-17-18-6-8-38(9-7-18)26-33-11-19(30)12-34-26/h4-5,10-14,18,23,25H,6-9,15-17H2,1-3H3,(H,37,40). The first-order valence-electron chi connectivity index (χ1n) is 13.9. The summed E-state index contributed by atoms with van der Waals surface area (Å²) in [6.07, 6.45) is 7.64. The lowest BCUT2D eigenvalue weighted by molar-refractivity contribution is 0.0504. The predicted octanol–water partition coefficient (Wildman–Crippen LogP) is 4.99. The highest BCUT2D eigenvalue weighted by atomic mass is 35.5. The van der Waals surface area contributed by atoms with E-state index >= 15 is 0 Å². The van der Waals surface area contributed by atoms with E-state index in [1.807, 2.05) is 4.90 Å². The molecule has 2 aromatic heterocycles. The summed E-state index contributed by atoms with van der Waals surface area (Å²) < 4.78 is 40.2. The Morgan fingerprint density at radius 2 is 1.64 bits per heavy atom. The highest BCUT2D eigenvalue weighted by molar-refractivity contribution is 6.30. The molecule has 2 unspecified atom stereocenters. The van der Waals surface area contributed by atoms with Crippen molar-refractivity contribution in [2.75, 3.05) is 42.6 Å². The molecule has 2 aliphatic heterocycles. The molecule has 13 heteroatoms. The minimum absolute atomic E-state index is 0.173. The molecule has 224 valence electrons. The molecule has 0 bridgehead atoms. The third kappa shape index (κ3) is 7.53. The number of aromatic nitrogens is 4. The molecule has 1 N–H and O–H groups in total. The van der Waals surface area contributed by atoms with Gasteiger partial charge in [0.15, 0.2) is 5.75 Å². The summed E-state index contributed by atoms with van der Waals surface area (Å²) in [7, 11) is 0. The maximum absolute atomic E-state index is 14.8. The van der Waals surface area contributed by atoms with Crippen molar-refractivity contribution in [3.05, 3.63) is 65.2 Å². The van der Waals surface area contributed by atoms with Crippen molar-refractivity contribution in [3.63, 3.8) is 0 Å². The number of amides is 1. The van der Waals surface area contributed by atoms with E-state index in [1.54, 1.807) is 45.6 Å². The van der Waals surface area contributed by atoms with Gasteiger partial charge in [-0.15, -0.1) is 0 Å². The van der Waals surface area contributed by atoms with Crippen LogP contribution in [0.3, 0.4) is 0 Å². The first kappa shape index (κ1) is 29.7. The van der Waals surface area contributed by atoms with Gasteiger partial charge in [-0.3, -0.25) is 0 Å². The van der Waals surface area contributed by atoms with Crippen LogP contribution in [0.15, 0.2) is 43.0 Å². The molecule has 42 heavy (non-hydrogen) atoms. The van der Waals surface area contributed by atoms with Gasteiger partial charge in [-0.05, 0) is 63.3 Å². The summed E-state index contributed by atoms with van der Waals surface area (Å²) in [4.78, 5) is 34.0. The number of piperidine rings is 1. The molecule has 0 saturated carbocycles. The topological polar surface area (TPSA) is 106 Å². The van der Waals surface area contributed by atoms with E-state index in [4.69, 9.17) is 21.1 Å². The number of halogens is 3. The lowest BCUT2D eigenvalue weighted by Crippen LogP contribution is -2.43. The van der Waals surface area contributed by atoms with Gasteiger partial charge in [0, 0.05) is 32.1 Å². The van der Waals surface area contributed by atoms with Crippen LogP contribution in [0.4, 0.5) is 25.5 Å². The fourth-order valence-corrected chi connectivity index (χ4v) is 5.31. The number of benzene rings is 1. The molecule has 2 aliphatic rings. The molecule has 0 spiro atoms. The smallest absolute Gasteiger partial charge is 0.407 e. The number of rotatable bonds is 7. The summed E-state index contributed by atoms with van der Waals surface area (Å²) in [6.45, 7) is 8.02. The average molecular weight is 602 g/mol. The maximum atomic E-state index is 14.8. The number of nitrogens with zero attached hydrogens (tertiary/aromatic N) is 6. The number of hydrogen-bond donors (Lipinski definition) is 1. The van der Waals surface area contributed by atoms with Gasteiger partial charge in [0.25, 0.3) is 0 Å². The fraction of sp³-hybridized carbons (Fsp3) is 0.483. The van der Waals surface area contributed by atoms with Crippen LogP contribution in [0.1, 0.15) is 45.1 Å². The fourth-order valence-electron chi connectivity index (χ4n) is 5.22. The van der Waals surface area contributed by atoms with Gasteiger partial charge in [-0.1, -0.05) is 11.6 Å². The molecule has 2 saturated heterocycles. The van der Waals surface area contributed by atoms with E-state index in [0.717, 1.165) is 44.1 Å². The Morgan fingerprint density at radius 3 is 2.31 bits per heavy atom. The molecule has 1 aromatic carbocycles. The van der Waals surface area contributed by atoms with Gasteiger partial charge >= 0.3 is 6.09 Å². The number of alkyl carbamates (subject to hydrolysis) is 1. The monoisotopic (exact) mass is 601 g/mol. The second kappa shape index (κ2) is 12.6. The van der Waals surface area contributed by atoms with Crippen molar-refractivity contribution in [1.29, 1.82) is 0 Å². The second-order valence-electron chi connectivity index (χ2n) is 11.6. The van der Waals surface area contributed by atoms with Crippen LogP contribution in [0.5, 0.6) is 5.75 Å². The molecule has 1 amide bonds.